The third kappa shape index (κ3) is 5.26. The molecular formula is C51H62FNO3. The third-order valence-electron chi connectivity index (χ3n) is 18.1. The maximum Gasteiger partial charge on any atom is 0.407 e. The van der Waals surface area contributed by atoms with Crippen LogP contribution >= 0.6 is 0 Å². The number of alkyl carbamates (subject to hydrolysis) is 1. The zero-order valence-electron chi connectivity index (χ0n) is 34.7. The lowest BCUT2D eigenvalue weighted by Gasteiger charge is -2.72. The molecule has 3 aromatic carbocycles. The van der Waals surface area contributed by atoms with Crippen molar-refractivity contribution in [2.24, 2.45) is 57.2 Å². The van der Waals surface area contributed by atoms with Crippen molar-refractivity contribution in [1.29, 1.82) is 0 Å². The van der Waals surface area contributed by atoms with E-state index in [-0.39, 0.29) is 62.8 Å². The van der Waals surface area contributed by atoms with E-state index in [4.69, 9.17) is 4.74 Å². The zero-order chi connectivity index (χ0) is 39.4. The Morgan fingerprint density at radius 3 is 2.23 bits per heavy atom. The van der Waals surface area contributed by atoms with Gasteiger partial charge in [0.05, 0.1) is 0 Å². The highest BCUT2D eigenvalue weighted by Crippen LogP contribution is 2.76. The maximum atomic E-state index is 14.9. The van der Waals surface area contributed by atoms with Crippen LogP contribution in [0.4, 0.5) is 9.18 Å². The van der Waals surface area contributed by atoms with Crippen molar-refractivity contribution in [2.45, 2.75) is 118 Å². The fourth-order valence-electron chi connectivity index (χ4n) is 15.3. The van der Waals surface area contributed by atoms with E-state index in [1.165, 1.54) is 47.0 Å². The van der Waals surface area contributed by atoms with Gasteiger partial charge in [-0.25, -0.2) is 9.18 Å². The Morgan fingerprint density at radius 1 is 0.857 bits per heavy atom. The second-order valence-electron chi connectivity index (χ2n) is 20.5. The molecule has 5 heteroatoms. The van der Waals surface area contributed by atoms with Gasteiger partial charge in [0.2, 0.25) is 0 Å². The summed E-state index contributed by atoms with van der Waals surface area (Å²) >= 11 is 0. The van der Waals surface area contributed by atoms with Gasteiger partial charge in [0, 0.05) is 17.4 Å². The van der Waals surface area contributed by atoms with E-state index in [0.717, 1.165) is 50.5 Å². The molecule has 1 unspecified atom stereocenters. The van der Waals surface area contributed by atoms with Gasteiger partial charge < -0.3 is 14.8 Å². The maximum absolute atomic E-state index is 14.9. The molecule has 1 amide bonds. The van der Waals surface area contributed by atoms with Crippen LogP contribution in [-0.2, 0) is 9.53 Å². The molecule has 0 spiro atoms. The lowest BCUT2D eigenvalue weighted by atomic mass is 9.33. The molecule has 0 saturated heterocycles. The van der Waals surface area contributed by atoms with Gasteiger partial charge in [-0.2, -0.15) is 0 Å². The van der Waals surface area contributed by atoms with Crippen molar-refractivity contribution in [3.05, 3.63) is 101 Å². The fourth-order valence-corrected chi connectivity index (χ4v) is 15.3. The van der Waals surface area contributed by atoms with E-state index in [9.17, 15) is 14.0 Å². The number of ether oxygens (including phenoxy) is 1. The summed E-state index contributed by atoms with van der Waals surface area (Å²) in [6, 6.07) is 22.8. The van der Waals surface area contributed by atoms with Crippen LogP contribution in [0.1, 0.15) is 128 Å². The molecule has 10 atom stereocenters. The van der Waals surface area contributed by atoms with Gasteiger partial charge in [0.1, 0.15) is 18.7 Å². The number of allylic oxidation sites excluding steroid dienone is 2. The quantitative estimate of drug-likeness (QED) is 0.255. The Bertz CT molecular complexity index is 2060. The minimum atomic E-state index is -0.368. The molecule has 56 heavy (non-hydrogen) atoms. The number of amides is 1. The van der Waals surface area contributed by atoms with Crippen molar-refractivity contribution in [3.8, 4) is 11.1 Å². The van der Waals surface area contributed by atoms with Crippen molar-refractivity contribution < 1.29 is 18.7 Å². The summed E-state index contributed by atoms with van der Waals surface area (Å²) in [6.07, 6.45) is 12.8. The van der Waals surface area contributed by atoms with E-state index in [0.29, 0.717) is 29.9 Å². The SMILES string of the molecule is Cc1ccc(C2=CC[C@]3(C)[C@H]4CC[C@@H]5[C@H]6[C@H](C(C)C=O)CC[C@]6(NC(=O)OCC6c7ccccc7-c7ccccc76)CC[C@@]5(C)[C@]4(C)CC[C@H]3C2(C)C)cc1F. The van der Waals surface area contributed by atoms with Gasteiger partial charge in [-0.15, -0.1) is 0 Å². The standard InChI is InChI=1S/C51H62FNO3/c1-31-16-17-33(28-42(31)52)40-21-23-48(5)43(47(40,3)4)22-24-50(7)44(48)19-18-41-45-34(32(2)29-54)20-25-51(45,27-26-49(41,50)6)53-46(55)56-30-39-37-14-10-8-12-35(37)36-13-9-11-15-38(36)39/h8-17,21,28-29,32,34,39,41,43-45H,18-20,22-27,30H2,1-7H3,(H,53,55)/t32?,34-,41+,43-,44+,45+,48-,49+,50+,51-/m0/s1. The summed E-state index contributed by atoms with van der Waals surface area (Å²) in [6.45, 7) is 16.9. The minimum absolute atomic E-state index is 0.0166. The van der Waals surface area contributed by atoms with Gasteiger partial charge in [-0.1, -0.05) is 108 Å². The topological polar surface area (TPSA) is 55.4 Å². The number of benzene rings is 3. The zero-order valence-corrected chi connectivity index (χ0v) is 34.7. The van der Waals surface area contributed by atoms with Crippen LogP contribution in [0.3, 0.4) is 0 Å². The van der Waals surface area contributed by atoms with Crippen molar-refractivity contribution in [2.75, 3.05) is 6.61 Å². The lowest BCUT2D eigenvalue weighted by molar-refractivity contribution is -0.220. The van der Waals surface area contributed by atoms with Crippen molar-refractivity contribution >= 4 is 18.0 Å². The molecule has 4 saturated carbocycles. The summed E-state index contributed by atoms with van der Waals surface area (Å²) in [4.78, 5) is 26.7. The van der Waals surface area contributed by atoms with Gasteiger partial charge in [-0.05, 0) is 161 Å². The average Bonchev–Trinajstić information content (AvgIpc) is 3.71. The number of aldehydes is 1. The molecule has 296 valence electrons. The lowest BCUT2D eigenvalue weighted by Crippen LogP contribution is -2.68. The van der Waals surface area contributed by atoms with Gasteiger partial charge >= 0.3 is 6.09 Å². The average molecular weight is 756 g/mol. The molecule has 1 N–H and O–H groups in total. The number of carbonyl (C=O) groups excluding carboxylic acids is 2. The summed E-state index contributed by atoms with van der Waals surface area (Å²) in [5, 5.41) is 3.59. The predicted octanol–water partition coefficient (Wildman–Crippen LogP) is 12.3. The van der Waals surface area contributed by atoms with Crippen molar-refractivity contribution in [3.63, 3.8) is 0 Å². The Hall–Kier alpha value is -3.73. The largest absolute Gasteiger partial charge is 0.449 e. The Kier molecular flexibility index (Phi) is 8.88. The number of halogens is 1. The number of rotatable bonds is 6. The smallest absolute Gasteiger partial charge is 0.407 e. The minimum Gasteiger partial charge on any atom is -0.449 e. The summed E-state index contributed by atoms with van der Waals surface area (Å²) in [5.41, 5.74) is 7.84. The normalized spacial score (nSPS) is 37.1. The molecule has 0 heterocycles. The van der Waals surface area contributed by atoms with Crippen molar-refractivity contribution in [1.82, 2.24) is 5.32 Å². The molecule has 4 fully saturated rings. The highest BCUT2D eigenvalue weighted by molar-refractivity contribution is 5.79. The molecule has 4 nitrogen and oxygen atoms in total. The molecule has 3 aromatic rings. The number of hydrogen-bond donors (Lipinski definition) is 1. The van der Waals surface area contributed by atoms with E-state index in [1.54, 1.807) is 6.07 Å². The Morgan fingerprint density at radius 2 is 1.55 bits per heavy atom. The van der Waals surface area contributed by atoms with Gasteiger partial charge in [0.25, 0.3) is 0 Å². The van der Waals surface area contributed by atoms with Crippen LogP contribution in [0.15, 0.2) is 72.8 Å². The van der Waals surface area contributed by atoms with Crippen LogP contribution in [0, 0.1) is 69.9 Å². The first-order valence-corrected chi connectivity index (χ1v) is 21.7. The van der Waals surface area contributed by atoms with Gasteiger partial charge in [0.15, 0.2) is 0 Å². The predicted molar refractivity (Wildman–Crippen MR) is 222 cm³/mol. The van der Waals surface area contributed by atoms with Crippen LogP contribution < -0.4 is 5.32 Å². The number of nitrogens with one attached hydrogen (secondary N) is 1. The van der Waals surface area contributed by atoms with E-state index >= 15 is 0 Å². The molecule has 0 aromatic heterocycles. The Balaban J connectivity index is 0.991. The number of fused-ring (bicyclic) bond motifs is 10. The van der Waals surface area contributed by atoms with Crippen LogP contribution in [0.5, 0.6) is 0 Å². The number of carbonyl (C=O) groups is 2. The van der Waals surface area contributed by atoms with Crippen LogP contribution in [0.25, 0.3) is 16.7 Å². The third-order valence-corrected chi connectivity index (χ3v) is 18.1. The molecule has 9 rings (SSSR count). The van der Waals surface area contributed by atoms with E-state index in [1.807, 2.05) is 13.0 Å². The fraction of sp³-hybridized carbons (Fsp3) is 0.569. The second-order valence-corrected chi connectivity index (χ2v) is 20.5. The summed E-state index contributed by atoms with van der Waals surface area (Å²) in [7, 11) is 0. The highest BCUT2D eigenvalue weighted by Gasteiger charge is 2.71. The summed E-state index contributed by atoms with van der Waals surface area (Å²) < 4.78 is 21.1. The molecule has 6 aliphatic carbocycles. The number of hydrogen-bond acceptors (Lipinski definition) is 3. The molecule has 0 bridgehead atoms. The summed E-state index contributed by atoms with van der Waals surface area (Å²) in [5.74, 6) is 1.80. The first kappa shape index (κ1) is 37.8. The van der Waals surface area contributed by atoms with Crippen LogP contribution in [-0.4, -0.2) is 24.5 Å². The highest BCUT2D eigenvalue weighted by atomic mass is 19.1. The van der Waals surface area contributed by atoms with E-state index < -0.39 is 0 Å². The van der Waals surface area contributed by atoms with E-state index in [2.05, 4.69) is 108 Å². The number of aryl methyl sites for hydroxylation is 1. The first-order valence-electron chi connectivity index (χ1n) is 21.7. The van der Waals surface area contributed by atoms with Gasteiger partial charge in [-0.3, -0.25) is 0 Å². The molecule has 0 radical (unpaired) electrons. The molecule has 0 aliphatic heterocycles. The first-order chi connectivity index (χ1) is 26.7. The second kappa shape index (κ2) is 13.1. The molecule has 6 aliphatic rings. The molecular weight excluding hydrogens is 694 g/mol. The Labute approximate surface area is 334 Å². The van der Waals surface area contributed by atoms with Crippen LogP contribution in [0.2, 0.25) is 0 Å². The monoisotopic (exact) mass is 755 g/mol.